The lowest BCUT2D eigenvalue weighted by Crippen LogP contribution is -2.39. The summed E-state index contributed by atoms with van der Waals surface area (Å²) in [4.78, 5) is 13.8. The predicted octanol–water partition coefficient (Wildman–Crippen LogP) is 3.02. The van der Waals surface area contributed by atoms with Gasteiger partial charge < -0.3 is 20.1 Å². The second-order valence-electron chi connectivity index (χ2n) is 6.84. The summed E-state index contributed by atoms with van der Waals surface area (Å²) < 4.78 is 5.04. The molecule has 2 unspecified atom stereocenters. The quantitative estimate of drug-likeness (QED) is 0.821. The van der Waals surface area contributed by atoms with E-state index in [0.717, 1.165) is 29.1 Å². The molecule has 2 heterocycles. The van der Waals surface area contributed by atoms with E-state index < -0.39 is 6.23 Å². The van der Waals surface area contributed by atoms with Crippen molar-refractivity contribution in [2.24, 2.45) is 0 Å². The van der Waals surface area contributed by atoms with Gasteiger partial charge in [-0.15, -0.1) is 0 Å². The van der Waals surface area contributed by atoms with E-state index in [1.807, 2.05) is 23.1 Å². The van der Waals surface area contributed by atoms with Crippen molar-refractivity contribution >= 4 is 11.7 Å². The number of hydrogen-bond acceptors (Lipinski definition) is 5. The molecular weight excluding hydrogens is 328 g/mol. The van der Waals surface area contributed by atoms with Crippen molar-refractivity contribution in [1.29, 1.82) is 0 Å². The zero-order chi connectivity index (χ0) is 18.3. The van der Waals surface area contributed by atoms with E-state index in [-0.39, 0.29) is 11.5 Å². The van der Waals surface area contributed by atoms with Crippen LogP contribution >= 0.6 is 0 Å². The number of allylic oxidation sites excluding steroid dienone is 3. The van der Waals surface area contributed by atoms with Crippen LogP contribution in [0.4, 0.5) is 5.69 Å². The minimum atomic E-state index is -0.766. The van der Waals surface area contributed by atoms with Crippen LogP contribution in [0.3, 0.4) is 0 Å². The Bertz CT molecular complexity index is 864. The molecule has 1 aromatic rings. The highest BCUT2D eigenvalue weighted by atomic mass is 16.5. The van der Waals surface area contributed by atoms with Gasteiger partial charge in [0.1, 0.15) is 0 Å². The van der Waals surface area contributed by atoms with Crippen LogP contribution in [0.1, 0.15) is 30.6 Å². The van der Waals surface area contributed by atoms with Crippen LogP contribution in [0.5, 0.6) is 0 Å². The number of hydrogen-bond donors (Lipinski definition) is 2. The van der Waals surface area contributed by atoms with Crippen LogP contribution in [-0.4, -0.2) is 29.4 Å². The first kappa shape index (κ1) is 16.7. The Hall–Kier alpha value is -2.79. The Morgan fingerprint density at radius 1 is 1.38 bits per heavy atom. The average Bonchev–Trinajstić information content (AvgIpc) is 2.94. The fourth-order valence-corrected chi connectivity index (χ4v) is 3.76. The molecule has 0 fully saturated rings. The molecule has 1 aromatic carbocycles. The summed E-state index contributed by atoms with van der Waals surface area (Å²) in [6, 6.07) is 7.15. The standard InChI is InChI=1S/C21H22N2O3/c1-3-26-20(25)14-7-9-15(10-8-14)23-18(24)12-11-17-19(23)16-6-4-5-13-21(16,2)22-17/h4-12,18,22,24H,3,13H2,1-2H3. The minimum absolute atomic E-state index is 0.170. The Labute approximate surface area is 153 Å². The van der Waals surface area contributed by atoms with Crippen LogP contribution in [-0.2, 0) is 4.74 Å². The van der Waals surface area contributed by atoms with Gasteiger partial charge in [-0.3, -0.25) is 0 Å². The molecule has 134 valence electrons. The highest BCUT2D eigenvalue weighted by Crippen LogP contribution is 2.44. The highest BCUT2D eigenvalue weighted by Gasteiger charge is 2.43. The van der Waals surface area contributed by atoms with Gasteiger partial charge in [-0.2, -0.15) is 0 Å². The molecule has 0 radical (unpaired) electrons. The highest BCUT2D eigenvalue weighted by molar-refractivity contribution is 5.90. The number of esters is 1. The first-order valence-electron chi connectivity index (χ1n) is 8.86. The molecule has 5 nitrogen and oxygen atoms in total. The van der Waals surface area contributed by atoms with Crippen molar-refractivity contribution in [3.05, 3.63) is 77.2 Å². The first-order valence-corrected chi connectivity index (χ1v) is 8.86. The second-order valence-corrected chi connectivity index (χ2v) is 6.84. The number of benzene rings is 1. The van der Waals surface area contributed by atoms with Gasteiger partial charge in [0.05, 0.1) is 29.1 Å². The zero-order valence-corrected chi connectivity index (χ0v) is 14.9. The van der Waals surface area contributed by atoms with Crippen molar-refractivity contribution in [3.8, 4) is 0 Å². The van der Waals surface area contributed by atoms with Crippen LogP contribution in [0.15, 0.2) is 71.6 Å². The van der Waals surface area contributed by atoms with Crippen molar-refractivity contribution in [1.82, 2.24) is 5.32 Å². The van der Waals surface area contributed by atoms with E-state index >= 15 is 0 Å². The molecule has 0 saturated carbocycles. The van der Waals surface area contributed by atoms with Gasteiger partial charge >= 0.3 is 5.97 Å². The number of aliphatic hydroxyl groups is 1. The lowest BCUT2D eigenvalue weighted by atomic mass is 9.85. The van der Waals surface area contributed by atoms with Crippen molar-refractivity contribution in [2.75, 3.05) is 11.5 Å². The summed E-state index contributed by atoms with van der Waals surface area (Å²) >= 11 is 0. The van der Waals surface area contributed by atoms with Crippen LogP contribution in [0.2, 0.25) is 0 Å². The summed E-state index contributed by atoms with van der Waals surface area (Å²) in [6.07, 6.45) is 10.1. The largest absolute Gasteiger partial charge is 0.462 e. The number of anilines is 1. The molecule has 0 aromatic heterocycles. The third kappa shape index (κ3) is 2.56. The molecule has 3 aliphatic rings. The Kier molecular flexibility index (Phi) is 3.96. The number of carbonyl (C=O) groups is 1. The Morgan fingerprint density at radius 2 is 2.15 bits per heavy atom. The van der Waals surface area contributed by atoms with Crippen molar-refractivity contribution in [3.63, 3.8) is 0 Å². The number of nitrogens with zero attached hydrogens (tertiary/aromatic N) is 1. The molecule has 1 aliphatic carbocycles. The van der Waals surface area contributed by atoms with Crippen LogP contribution in [0.25, 0.3) is 0 Å². The topological polar surface area (TPSA) is 61.8 Å². The van der Waals surface area contributed by atoms with Gasteiger partial charge in [0.15, 0.2) is 6.23 Å². The minimum Gasteiger partial charge on any atom is -0.462 e. The van der Waals surface area contributed by atoms with E-state index in [1.54, 1.807) is 25.1 Å². The third-order valence-electron chi connectivity index (χ3n) is 5.04. The maximum absolute atomic E-state index is 11.9. The molecule has 4 rings (SSSR count). The fourth-order valence-electron chi connectivity index (χ4n) is 3.76. The molecule has 26 heavy (non-hydrogen) atoms. The molecule has 2 aliphatic heterocycles. The van der Waals surface area contributed by atoms with Crippen molar-refractivity contribution < 1.29 is 14.6 Å². The number of nitrogens with one attached hydrogen (secondary N) is 1. The van der Waals surface area contributed by atoms with E-state index in [9.17, 15) is 9.90 Å². The van der Waals surface area contributed by atoms with E-state index in [1.165, 1.54) is 0 Å². The molecule has 0 bridgehead atoms. The Balaban J connectivity index is 1.72. The maximum atomic E-state index is 11.9. The third-order valence-corrected chi connectivity index (χ3v) is 5.04. The van der Waals surface area contributed by atoms with Gasteiger partial charge in [0.25, 0.3) is 0 Å². The lowest BCUT2D eigenvalue weighted by molar-refractivity contribution is 0.0526. The first-order chi connectivity index (χ1) is 12.5. The van der Waals surface area contributed by atoms with Gasteiger partial charge in [-0.05, 0) is 56.7 Å². The zero-order valence-electron chi connectivity index (χ0n) is 14.9. The number of aliphatic hydroxyl groups excluding tert-OH is 1. The molecular formula is C21H22N2O3. The summed E-state index contributed by atoms with van der Waals surface area (Å²) in [7, 11) is 0. The molecule has 0 saturated heterocycles. The van der Waals surface area contributed by atoms with Gasteiger partial charge in [0, 0.05) is 11.3 Å². The number of carbonyl (C=O) groups excluding carboxylic acids is 1. The molecule has 0 amide bonds. The maximum Gasteiger partial charge on any atom is 0.338 e. The van der Waals surface area contributed by atoms with Gasteiger partial charge in [-0.1, -0.05) is 18.2 Å². The van der Waals surface area contributed by atoms with Crippen LogP contribution < -0.4 is 10.2 Å². The number of ether oxygens (including phenoxy) is 1. The predicted molar refractivity (Wildman–Crippen MR) is 100 cm³/mol. The number of rotatable bonds is 3. The summed E-state index contributed by atoms with van der Waals surface area (Å²) in [6.45, 7) is 4.30. The smallest absolute Gasteiger partial charge is 0.338 e. The SMILES string of the molecule is CCOC(=O)c1ccc(N2C3=C(C=CC2O)NC2(C)CC=CC=C32)cc1. The Morgan fingerprint density at radius 3 is 2.88 bits per heavy atom. The average molecular weight is 350 g/mol. The molecule has 0 spiro atoms. The summed E-state index contributed by atoms with van der Waals surface area (Å²) in [5.74, 6) is -0.340. The number of fused-ring (bicyclic) bond motifs is 2. The summed E-state index contributed by atoms with van der Waals surface area (Å²) in [5.41, 5.74) is 4.30. The van der Waals surface area contributed by atoms with E-state index in [0.29, 0.717) is 12.2 Å². The van der Waals surface area contributed by atoms with E-state index in [2.05, 4.69) is 30.5 Å². The molecule has 2 N–H and O–H groups in total. The normalized spacial score (nSPS) is 26.2. The van der Waals surface area contributed by atoms with Gasteiger partial charge in [-0.25, -0.2) is 4.79 Å². The van der Waals surface area contributed by atoms with Gasteiger partial charge in [0.2, 0.25) is 0 Å². The van der Waals surface area contributed by atoms with E-state index in [4.69, 9.17) is 4.74 Å². The summed E-state index contributed by atoms with van der Waals surface area (Å²) in [5, 5.41) is 14.2. The van der Waals surface area contributed by atoms with Crippen molar-refractivity contribution in [2.45, 2.75) is 32.0 Å². The molecule has 2 atom stereocenters. The van der Waals surface area contributed by atoms with Crippen LogP contribution in [0, 0.1) is 0 Å². The fraction of sp³-hybridized carbons (Fsp3) is 0.286. The molecule has 5 heteroatoms. The second kappa shape index (κ2) is 6.18. The lowest BCUT2D eigenvalue weighted by Gasteiger charge is -2.35. The monoisotopic (exact) mass is 350 g/mol.